The van der Waals surface area contributed by atoms with Gasteiger partial charge in [0.05, 0.1) is 6.10 Å². The third-order valence-corrected chi connectivity index (χ3v) is 2.36. The lowest BCUT2D eigenvalue weighted by Crippen LogP contribution is -2.32. The molecule has 1 unspecified atom stereocenters. The second-order valence-electron chi connectivity index (χ2n) is 4.11. The highest BCUT2D eigenvalue weighted by atomic mass is 16.5. The van der Waals surface area contributed by atoms with E-state index in [0.717, 1.165) is 5.56 Å². The van der Waals surface area contributed by atoms with Gasteiger partial charge in [0.25, 0.3) is 5.91 Å². The fourth-order valence-corrected chi connectivity index (χ4v) is 1.63. The van der Waals surface area contributed by atoms with Crippen LogP contribution in [0.5, 0.6) is 0 Å². The maximum atomic E-state index is 11.8. The first-order valence-electron chi connectivity index (χ1n) is 5.80. The molecule has 0 bridgehead atoms. The van der Waals surface area contributed by atoms with E-state index in [-0.39, 0.29) is 12.0 Å². The molecule has 0 spiro atoms. The van der Waals surface area contributed by atoms with Crippen molar-refractivity contribution in [1.29, 1.82) is 0 Å². The van der Waals surface area contributed by atoms with Gasteiger partial charge in [-0.15, -0.1) is 0 Å². The average molecular weight is 236 g/mol. The van der Waals surface area contributed by atoms with E-state index < -0.39 is 0 Å². The van der Waals surface area contributed by atoms with Crippen LogP contribution in [0.3, 0.4) is 0 Å². The van der Waals surface area contributed by atoms with Crippen LogP contribution in [0.4, 0.5) is 5.69 Å². The molecule has 94 valence electrons. The number of anilines is 1. The SMILES string of the molecule is CCOC(C)CNC(=O)c1cc(C)cc(N)c1. The van der Waals surface area contributed by atoms with E-state index in [2.05, 4.69) is 5.32 Å². The molecule has 0 radical (unpaired) electrons. The fourth-order valence-electron chi connectivity index (χ4n) is 1.63. The van der Waals surface area contributed by atoms with Gasteiger partial charge < -0.3 is 15.8 Å². The molecule has 0 aliphatic carbocycles. The van der Waals surface area contributed by atoms with Gasteiger partial charge in [0.15, 0.2) is 0 Å². The van der Waals surface area contributed by atoms with Crippen LogP contribution in [0.2, 0.25) is 0 Å². The maximum Gasteiger partial charge on any atom is 0.251 e. The zero-order valence-electron chi connectivity index (χ0n) is 10.6. The quantitative estimate of drug-likeness (QED) is 0.765. The number of hydrogen-bond acceptors (Lipinski definition) is 3. The third kappa shape index (κ3) is 4.44. The zero-order valence-corrected chi connectivity index (χ0v) is 10.6. The smallest absolute Gasteiger partial charge is 0.251 e. The maximum absolute atomic E-state index is 11.8. The Kier molecular flexibility index (Phi) is 4.97. The molecule has 4 heteroatoms. The van der Waals surface area contributed by atoms with Crippen LogP contribution in [-0.4, -0.2) is 25.2 Å². The predicted octanol–water partition coefficient (Wildman–Crippen LogP) is 1.73. The van der Waals surface area contributed by atoms with E-state index in [1.54, 1.807) is 6.07 Å². The molecule has 0 fully saturated rings. The molecular formula is C13H20N2O2. The monoisotopic (exact) mass is 236 g/mol. The van der Waals surface area contributed by atoms with E-state index in [9.17, 15) is 4.79 Å². The minimum absolute atomic E-state index is 0.0195. The normalized spacial score (nSPS) is 12.2. The van der Waals surface area contributed by atoms with Crippen LogP contribution in [-0.2, 0) is 4.74 Å². The Morgan fingerprint density at radius 2 is 2.18 bits per heavy atom. The first-order valence-corrected chi connectivity index (χ1v) is 5.80. The predicted molar refractivity (Wildman–Crippen MR) is 69.0 cm³/mol. The number of nitrogen functional groups attached to an aromatic ring is 1. The average Bonchev–Trinajstić information content (AvgIpc) is 2.25. The Balaban J connectivity index is 2.58. The lowest BCUT2D eigenvalue weighted by molar-refractivity contribution is 0.0695. The van der Waals surface area contributed by atoms with Gasteiger partial charge in [-0.2, -0.15) is 0 Å². The minimum Gasteiger partial charge on any atom is -0.399 e. The van der Waals surface area contributed by atoms with Crippen molar-refractivity contribution >= 4 is 11.6 Å². The summed E-state index contributed by atoms with van der Waals surface area (Å²) in [6.07, 6.45) is 0.0195. The van der Waals surface area contributed by atoms with E-state index in [4.69, 9.17) is 10.5 Å². The van der Waals surface area contributed by atoms with Gasteiger partial charge in [-0.3, -0.25) is 4.79 Å². The van der Waals surface area contributed by atoms with E-state index in [1.165, 1.54) is 0 Å². The molecule has 1 aromatic carbocycles. The van der Waals surface area contributed by atoms with Crippen LogP contribution in [0.15, 0.2) is 18.2 Å². The van der Waals surface area contributed by atoms with Crippen molar-refractivity contribution in [3.05, 3.63) is 29.3 Å². The molecule has 0 saturated carbocycles. The number of nitrogens with one attached hydrogen (secondary N) is 1. The number of aryl methyl sites for hydroxylation is 1. The van der Waals surface area contributed by atoms with Crippen LogP contribution < -0.4 is 11.1 Å². The molecule has 1 rings (SSSR count). The minimum atomic E-state index is -0.119. The van der Waals surface area contributed by atoms with Crippen molar-refractivity contribution in [1.82, 2.24) is 5.32 Å². The van der Waals surface area contributed by atoms with Gasteiger partial charge >= 0.3 is 0 Å². The van der Waals surface area contributed by atoms with Crippen molar-refractivity contribution < 1.29 is 9.53 Å². The molecule has 17 heavy (non-hydrogen) atoms. The van der Waals surface area contributed by atoms with Crippen LogP contribution in [0.1, 0.15) is 29.8 Å². The van der Waals surface area contributed by atoms with Crippen molar-refractivity contribution in [2.75, 3.05) is 18.9 Å². The van der Waals surface area contributed by atoms with Gasteiger partial charge in [0.1, 0.15) is 0 Å². The second-order valence-corrected chi connectivity index (χ2v) is 4.11. The first-order chi connectivity index (χ1) is 8.02. The van der Waals surface area contributed by atoms with Gasteiger partial charge in [-0.1, -0.05) is 0 Å². The molecule has 1 atom stereocenters. The first kappa shape index (κ1) is 13.5. The van der Waals surface area contributed by atoms with Gasteiger partial charge in [0.2, 0.25) is 0 Å². The summed E-state index contributed by atoms with van der Waals surface area (Å²) in [7, 11) is 0. The van der Waals surface area contributed by atoms with Gasteiger partial charge in [-0.05, 0) is 44.5 Å². The topological polar surface area (TPSA) is 64.3 Å². The summed E-state index contributed by atoms with van der Waals surface area (Å²) in [4.78, 5) is 11.8. The molecular weight excluding hydrogens is 216 g/mol. The lowest BCUT2D eigenvalue weighted by Gasteiger charge is -2.13. The van der Waals surface area contributed by atoms with Crippen LogP contribution in [0.25, 0.3) is 0 Å². The molecule has 0 aromatic heterocycles. The Labute approximate surface area is 102 Å². The van der Waals surface area contributed by atoms with Crippen molar-refractivity contribution in [2.45, 2.75) is 26.9 Å². The van der Waals surface area contributed by atoms with Crippen LogP contribution in [0, 0.1) is 6.92 Å². The van der Waals surface area contributed by atoms with Crippen molar-refractivity contribution in [3.8, 4) is 0 Å². The second kappa shape index (κ2) is 6.25. The number of carbonyl (C=O) groups is 1. The Bertz CT molecular complexity index is 371. The number of benzene rings is 1. The standard InChI is InChI=1S/C13H20N2O2/c1-4-17-10(3)8-15-13(16)11-5-9(2)6-12(14)7-11/h5-7,10H,4,8,14H2,1-3H3,(H,15,16). The highest BCUT2D eigenvalue weighted by molar-refractivity contribution is 5.95. The molecule has 3 N–H and O–H groups in total. The Morgan fingerprint density at radius 3 is 2.76 bits per heavy atom. The number of hydrogen-bond donors (Lipinski definition) is 2. The van der Waals surface area contributed by atoms with E-state index in [0.29, 0.717) is 24.4 Å². The number of ether oxygens (including phenoxy) is 1. The fraction of sp³-hybridized carbons (Fsp3) is 0.462. The number of rotatable bonds is 5. The molecule has 0 aliphatic rings. The molecule has 0 saturated heterocycles. The molecule has 1 aromatic rings. The van der Waals surface area contributed by atoms with Crippen LogP contribution >= 0.6 is 0 Å². The summed E-state index contributed by atoms with van der Waals surface area (Å²) in [5.74, 6) is -0.119. The summed E-state index contributed by atoms with van der Waals surface area (Å²) < 4.78 is 5.34. The summed E-state index contributed by atoms with van der Waals surface area (Å²) in [5.41, 5.74) is 7.87. The highest BCUT2D eigenvalue weighted by Gasteiger charge is 2.08. The summed E-state index contributed by atoms with van der Waals surface area (Å²) >= 11 is 0. The number of amides is 1. The van der Waals surface area contributed by atoms with E-state index >= 15 is 0 Å². The highest BCUT2D eigenvalue weighted by Crippen LogP contribution is 2.11. The zero-order chi connectivity index (χ0) is 12.8. The lowest BCUT2D eigenvalue weighted by atomic mass is 10.1. The van der Waals surface area contributed by atoms with Crippen molar-refractivity contribution in [2.24, 2.45) is 0 Å². The third-order valence-electron chi connectivity index (χ3n) is 2.36. The summed E-state index contributed by atoms with van der Waals surface area (Å²) in [6.45, 7) is 6.92. The molecule has 0 aliphatic heterocycles. The molecule has 1 amide bonds. The summed E-state index contributed by atoms with van der Waals surface area (Å²) in [6, 6.07) is 5.32. The Hall–Kier alpha value is -1.55. The van der Waals surface area contributed by atoms with E-state index in [1.807, 2.05) is 32.9 Å². The van der Waals surface area contributed by atoms with Gasteiger partial charge in [-0.25, -0.2) is 0 Å². The number of carbonyl (C=O) groups excluding carboxylic acids is 1. The number of nitrogens with two attached hydrogens (primary N) is 1. The Morgan fingerprint density at radius 1 is 1.47 bits per heavy atom. The van der Waals surface area contributed by atoms with Gasteiger partial charge in [0, 0.05) is 24.4 Å². The largest absolute Gasteiger partial charge is 0.399 e. The van der Waals surface area contributed by atoms with Crippen molar-refractivity contribution in [3.63, 3.8) is 0 Å². The molecule has 4 nitrogen and oxygen atoms in total. The molecule has 0 heterocycles. The summed E-state index contributed by atoms with van der Waals surface area (Å²) in [5, 5.41) is 2.82.